The van der Waals surface area contributed by atoms with Crippen LogP contribution in [0.1, 0.15) is 17.3 Å². The van der Waals surface area contributed by atoms with Crippen LogP contribution in [-0.4, -0.2) is 51.9 Å². The minimum absolute atomic E-state index is 0.0303. The number of esters is 1. The van der Waals surface area contributed by atoms with Crippen molar-refractivity contribution in [2.75, 3.05) is 32.6 Å². The topological polar surface area (TPSA) is 102 Å². The van der Waals surface area contributed by atoms with E-state index in [0.29, 0.717) is 11.4 Å². The summed E-state index contributed by atoms with van der Waals surface area (Å²) in [5.74, 6) is -0.458. The summed E-state index contributed by atoms with van der Waals surface area (Å²) >= 11 is 0. The van der Waals surface area contributed by atoms with Gasteiger partial charge in [-0.05, 0) is 43.3 Å². The van der Waals surface area contributed by atoms with Crippen LogP contribution in [0.4, 0.5) is 5.69 Å². The van der Waals surface area contributed by atoms with Crippen LogP contribution in [-0.2, 0) is 19.6 Å². The van der Waals surface area contributed by atoms with Gasteiger partial charge in [-0.25, -0.2) is 13.2 Å². The zero-order chi connectivity index (χ0) is 20.7. The number of rotatable bonds is 8. The van der Waals surface area contributed by atoms with Gasteiger partial charge < -0.3 is 14.8 Å². The number of hydrogen-bond donors (Lipinski definition) is 1. The second-order valence-corrected chi connectivity index (χ2v) is 7.83. The summed E-state index contributed by atoms with van der Waals surface area (Å²) in [6.45, 7) is 1.53. The molecule has 0 aliphatic rings. The fourth-order valence-electron chi connectivity index (χ4n) is 2.35. The molecule has 0 aromatic heterocycles. The van der Waals surface area contributed by atoms with E-state index < -0.39 is 21.9 Å². The van der Waals surface area contributed by atoms with Crippen molar-refractivity contribution in [3.05, 3.63) is 54.1 Å². The lowest BCUT2D eigenvalue weighted by molar-refractivity contribution is -0.116. The number of amides is 1. The number of hydrogen-bond acceptors (Lipinski definition) is 6. The molecule has 28 heavy (non-hydrogen) atoms. The highest BCUT2D eigenvalue weighted by atomic mass is 32.2. The third-order valence-corrected chi connectivity index (χ3v) is 5.61. The molecule has 0 atom stereocenters. The summed E-state index contributed by atoms with van der Waals surface area (Å²) in [7, 11) is -1.08. The molecule has 8 nitrogen and oxygen atoms in total. The highest BCUT2D eigenvalue weighted by Gasteiger charge is 2.23. The second kappa shape index (κ2) is 9.34. The van der Waals surface area contributed by atoms with Gasteiger partial charge in [-0.2, -0.15) is 4.31 Å². The highest BCUT2D eigenvalue weighted by Crippen LogP contribution is 2.18. The first kappa shape index (κ1) is 21.4. The van der Waals surface area contributed by atoms with Crippen molar-refractivity contribution >= 4 is 27.6 Å². The molecule has 0 aliphatic heterocycles. The fourth-order valence-corrected chi connectivity index (χ4v) is 3.47. The van der Waals surface area contributed by atoms with Gasteiger partial charge in [-0.1, -0.05) is 6.07 Å². The van der Waals surface area contributed by atoms with E-state index in [4.69, 9.17) is 9.47 Å². The Kier molecular flexibility index (Phi) is 7.13. The Morgan fingerprint density at radius 2 is 1.79 bits per heavy atom. The van der Waals surface area contributed by atoms with Gasteiger partial charge in [-0.15, -0.1) is 0 Å². The molecule has 0 fully saturated rings. The van der Waals surface area contributed by atoms with Crippen molar-refractivity contribution in [3.8, 4) is 5.75 Å². The summed E-state index contributed by atoms with van der Waals surface area (Å²) in [6.07, 6.45) is 0. The number of carbonyl (C=O) groups is 2. The Balaban J connectivity index is 2.06. The van der Waals surface area contributed by atoms with Crippen LogP contribution in [0, 0.1) is 0 Å². The van der Waals surface area contributed by atoms with E-state index in [0.717, 1.165) is 4.31 Å². The molecule has 0 saturated heterocycles. The lowest BCUT2D eigenvalue weighted by Gasteiger charge is -2.17. The minimum Gasteiger partial charge on any atom is -0.497 e. The molecule has 1 amide bonds. The van der Waals surface area contributed by atoms with Crippen LogP contribution in [0.15, 0.2) is 53.4 Å². The van der Waals surface area contributed by atoms with Crippen LogP contribution in [0.5, 0.6) is 5.75 Å². The molecule has 2 aromatic rings. The number of carbonyl (C=O) groups excluding carboxylic acids is 2. The van der Waals surface area contributed by atoms with Crippen molar-refractivity contribution in [1.29, 1.82) is 0 Å². The minimum atomic E-state index is -3.90. The normalized spacial score (nSPS) is 11.1. The molecule has 0 aliphatic carbocycles. The molecule has 2 rings (SSSR count). The SMILES string of the molecule is CCOC(=O)c1ccc(S(=O)(=O)N(C)CC(=O)Nc2cccc(OC)c2)cc1. The van der Waals surface area contributed by atoms with Gasteiger partial charge in [0.15, 0.2) is 0 Å². The van der Waals surface area contributed by atoms with Crippen molar-refractivity contribution < 1.29 is 27.5 Å². The predicted octanol–water partition coefficient (Wildman–Crippen LogP) is 2.13. The van der Waals surface area contributed by atoms with Gasteiger partial charge >= 0.3 is 5.97 Å². The summed E-state index contributed by atoms with van der Waals surface area (Å²) in [4.78, 5) is 23.8. The maximum atomic E-state index is 12.6. The third-order valence-electron chi connectivity index (χ3n) is 3.79. The van der Waals surface area contributed by atoms with E-state index in [1.807, 2.05) is 0 Å². The van der Waals surface area contributed by atoms with Gasteiger partial charge in [0.05, 0.1) is 30.7 Å². The number of anilines is 1. The fraction of sp³-hybridized carbons (Fsp3) is 0.263. The number of sulfonamides is 1. The average Bonchev–Trinajstić information content (AvgIpc) is 2.68. The third kappa shape index (κ3) is 5.30. The Bertz CT molecular complexity index is 941. The summed E-state index contributed by atoms with van der Waals surface area (Å²) in [6, 6.07) is 12.1. The van der Waals surface area contributed by atoms with Gasteiger partial charge in [0.25, 0.3) is 0 Å². The number of nitrogens with one attached hydrogen (secondary N) is 1. The average molecular weight is 406 g/mol. The van der Waals surface area contributed by atoms with E-state index in [1.165, 1.54) is 38.4 Å². The van der Waals surface area contributed by atoms with Crippen molar-refractivity contribution in [2.45, 2.75) is 11.8 Å². The summed E-state index contributed by atoms with van der Waals surface area (Å²) in [5, 5.41) is 2.62. The van der Waals surface area contributed by atoms with E-state index >= 15 is 0 Å². The molecule has 150 valence electrons. The molecule has 2 aromatic carbocycles. The smallest absolute Gasteiger partial charge is 0.338 e. The molecular weight excluding hydrogens is 384 g/mol. The van der Waals surface area contributed by atoms with Gasteiger partial charge in [0, 0.05) is 18.8 Å². The van der Waals surface area contributed by atoms with Crippen LogP contribution in [0.2, 0.25) is 0 Å². The van der Waals surface area contributed by atoms with Crippen molar-refractivity contribution in [1.82, 2.24) is 4.31 Å². The Labute approximate surface area is 164 Å². The molecule has 1 N–H and O–H groups in total. The van der Waals surface area contributed by atoms with Gasteiger partial charge in [0.1, 0.15) is 5.75 Å². The number of benzene rings is 2. The summed E-state index contributed by atoms with van der Waals surface area (Å²) < 4.78 is 36.2. The van der Waals surface area contributed by atoms with Crippen LogP contribution >= 0.6 is 0 Å². The lowest BCUT2D eigenvalue weighted by Crippen LogP contribution is -2.35. The Morgan fingerprint density at radius 1 is 1.11 bits per heavy atom. The molecule has 0 bridgehead atoms. The first-order valence-electron chi connectivity index (χ1n) is 8.45. The largest absolute Gasteiger partial charge is 0.497 e. The van der Waals surface area contributed by atoms with E-state index in [1.54, 1.807) is 31.2 Å². The van der Waals surface area contributed by atoms with Crippen LogP contribution < -0.4 is 10.1 Å². The first-order chi connectivity index (χ1) is 13.3. The Hall–Kier alpha value is -2.91. The lowest BCUT2D eigenvalue weighted by atomic mass is 10.2. The quantitative estimate of drug-likeness (QED) is 0.674. The molecule has 0 unspecified atom stereocenters. The highest BCUT2D eigenvalue weighted by molar-refractivity contribution is 7.89. The second-order valence-electron chi connectivity index (χ2n) is 5.79. The first-order valence-corrected chi connectivity index (χ1v) is 9.89. The maximum absolute atomic E-state index is 12.6. The molecule has 0 saturated carbocycles. The van der Waals surface area contributed by atoms with Crippen molar-refractivity contribution in [2.24, 2.45) is 0 Å². The maximum Gasteiger partial charge on any atom is 0.338 e. The zero-order valence-electron chi connectivity index (χ0n) is 15.8. The monoisotopic (exact) mass is 406 g/mol. The van der Waals surface area contributed by atoms with E-state index in [9.17, 15) is 18.0 Å². The van der Waals surface area contributed by atoms with Gasteiger partial charge in [-0.3, -0.25) is 4.79 Å². The molecular formula is C19H22N2O6S. The summed E-state index contributed by atoms with van der Waals surface area (Å²) in [5.41, 5.74) is 0.744. The standard InChI is InChI=1S/C19H22N2O6S/c1-4-27-19(23)14-8-10-17(11-9-14)28(24,25)21(2)13-18(22)20-15-6-5-7-16(12-15)26-3/h5-12H,4,13H2,1-3H3,(H,20,22). The van der Waals surface area contributed by atoms with Crippen LogP contribution in [0.3, 0.4) is 0 Å². The molecule has 0 heterocycles. The number of nitrogens with zero attached hydrogens (tertiary/aromatic N) is 1. The predicted molar refractivity (Wildman–Crippen MR) is 104 cm³/mol. The number of methoxy groups -OCH3 is 1. The molecule has 0 radical (unpaired) electrons. The van der Waals surface area contributed by atoms with E-state index in [-0.39, 0.29) is 23.6 Å². The van der Waals surface area contributed by atoms with Crippen LogP contribution in [0.25, 0.3) is 0 Å². The number of likely N-dealkylation sites (N-methyl/N-ethyl adjacent to an activating group) is 1. The molecule has 9 heteroatoms. The van der Waals surface area contributed by atoms with Crippen molar-refractivity contribution in [3.63, 3.8) is 0 Å². The van der Waals surface area contributed by atoms with E-state index in [2.05, 4.69) is 5.32 Å². The zero-order valence-corrected chi connectivity index (χ0v) is 16.7. The molecule has 0 spiro atoms. The van der Waals surface area contributed by atoms with Gasteiger partial charge in [0.2, 0.25) is 15.9 Å². The number of ether oxygens (including phenoxy) is 2. The Morgan fingerprint density at radius 3 is 2.39 bits per heavy atom.